The van der Waals surface area contributed by atoms with Crippen LogP contribution >= 0.6 is 22.7 Å². The number of nitrogens with zero attached hydrogens (tertiary/aromatic N) is 1. The van der Waals surface area contributed by atoms with Crippen molar-refractivity contribution in [2.24, 2.45) is 0 Å². The molecule has 1 amide bonds. The van der Waals surface area contributed by atoms with E-state index in [2.05, 4.69) is 10.3 Å². The third kappa shape index (κ3) is 4.40. The highest BCUT2D eigenvalue weighted by molar-refractivity contribution is 7.20. The molecule has 0 aliphatic carbocycles. The van der Waals surface area contributed by atoms with Gasteiger partial charge >= 0.3 is 0 Å². The number of aliphatic hydroxyl groups excluding tert-OH is 1. The second kappa shape index (κ2) is 7.52. The van der Waals surface area contributed by atoms with Crippen LogP contribution in [0.5, 0.6) is 0 Å². The average Bonchev–Trinajstić information content (AvgIpc) is 3.08. The summed E-state index contributed by atoms with van der Waals surface area (Å²) in [6.45, 7) is 2.43. The monoisotopic (exact) mass is 310 g/mol. The minimum absolute atomic E-state index is 0.0451. The molecular formula is C14H18N2O2S2. The first kappa shape index (κ1) is 15.2. The summed E-state index contributed by atoms with van der Waals surface area (Å²) < 4.78 is 0. The van der Waals surface area contributed by atoms with E-state index in [0.717, 1.165) is 15.6 Å². The van der Waals surface area contributed by atoms with E-state index in [0.29, 0.717) is 25.8 Å². The minimum Gasteiger partial charge on any atom is -0.393 e. The molecule has 6 heteroatoms. The molecule has 1 unspecified atom stereocenters. The molecule has 1 atom stereocenters. The average molecular weight is 310 g/mol. The molecule has 2 aromatic heterocycles. The lowest BCUT2D eigenvalue weighted by Crippen LogP contribution is -2.28. The van der Waals surface area contributed by atoms with Crippen LogP contribution in [-0.4, -0.2) is 28.6 Å². The molecule has 0 spiro atoms. The molecule has 2 N–H and O–H groups in total. The van der Waals surface area contributed by atoms with Gasteiger partial charge in [0.1, 0.15) is 5.01 Å². The summed E-state index contributed by atoms with van der Waals surface area (Å²) in [5, 5.41) is 17.1. The van der Waals surface area contributed by atoms with Gasteiger partial charge in [-0.3, -0.25) is 4.79 Å². The SMILES string of the molecule is CCC(O)CCNC(=O)Cc1csc(-c2cccs2)n1. The largest absolute Gasteiger partial charge is 0.393 e. The van der Waals surface area contributed by atoms with Crippen LogP contribution in [0.4, 0.5) is 0 Å². The molecule has 2 heterocycles. The number of thiophene rings is 1. The Morgan fingerprint density at radius 1 is 1.50 bits per heavy atom. The van der Waals surface area contributed by atoms with Gasteiger partial charge in [-0.05, 0) is 24.3 Å². The molecule has 0 saturated heterocycles. The summed E-state index contributed by atoms with van der Waals surface area (Å²) in [5.41, 5.74) is 0.798. The number of rotatable bonds is 7. The van der Waals surface area contributed by atoms with Crippen LogP contribution in [0, 0.1) is 0 Å². The van der Waals surface area contributed by atoms with E-state index >= 15 is 0 Å². The Morgan fingerprint density at radius 3 is 3.05 bits per heavy atom. The van der Waals surface area contributed by atoms with Crippen LogP contribution in [0.3, 0.4) is 0 Å². The van der Waals surface area contributed by atoms with Gasteiger partial charge in [0.05, 0.1) is 23.1 Å². The molecule has 0 aliphatic rings. The smallest absolute Gasteiger partial charge is 0.226 e. The molecule has 2 rings (SSSR count). The van der Waals surface area contributed by atoms with Crippen molar-refractivity contribution in [1.29, 1.82) is 0 Å². The number of nitrogens with one attached hydrogen (secondary N) is 1. The zero-order valence-electron chi connectivity index (χ0n) is 11.3. The van der Waals surface area contributed by atoms with Gasteiger partial charge in [-0.2, -0.15) is 0 Å². The van der Waals surface area contributed by atoms with Gasteiger partial charge in [0.15, 0.2) is 0 Å². The van der Waals surface area contributed by atoms with Gasteiger partial charge in [0, 0.05) is 11.9 Å². The predicted molar refractivity (Wildman–Crippen MR) is 83.1 cm³/mol. The van der Waals surface area contributed by atoms with Crippen molar-refractivity contribution in [3.05, 3.63) is 28.6 Å². The molecule has 108 valence electrons. The van der Waals surface area contributed by atoms with E-state index in [1.165, 1.54) is 0 Å². The van der Waals surface area contributed by atoms with E-state index in [1.807, 2.05) is 29.8 Å². The Morgan fingerprint density at radius 2 is 2.35 bits per heavy atom. The van der Waals surface area contributed by atoms with Crippen molar-refractivity contribution in [3.8, 4) is 9.88 Å². The Balaban J connectivity index is 1.80. The summed E-state index contributed by atoms with van der Waals surface area (Å²) in [7, 11) is 0. The Kier molecular flexibility index (Phi) is 5.70. The molecule has 4 nitrogen and oxygen atoms in total. The van der Waals surface area contributed by atoms with Gasteiger partial charge in [0.2, 0.25) is 5.91 Å². The predicted octanol–water partition coefficient (Wildman–Crippen LogP) is 2.69. The van der Waals surface area contributed by atoms with Crippen LogP contribution in [0.15, 0.2) is 22.9 Å². The summed E-state index contributed by atoms with van der Waals surface area (Å²) >= 11 is 3.21. The Hall–Kier alpha value is -1.24. The standard InChI is InChI=1S/C14H18N2O2S2/c1-2-11(17)5-6-15-13(18)8-10-9-20-14(16-10)12-4-3-7-19-12/h3-4,7,9,11,17H,2,5-6,8H2,1H3,(H,15,18). The van der Waals surface area contributed by atoms with Crippen LogP contribution in [0.1, 0.15) is 25.5 Å². The van der Waals surface area contributed by atoms with Crippen molar-refractivity contribution < 1.29 is 9.90 Å². The fourth-order valence-corrected chi connectivity index (χ4v) is 3.34. The van der Waals surface area contributed by atoms with Crippen LogP contribution < -0.4 is 5.32 Å². The highest BCUT2D eigenvalue weighted by atomic mass is 32.1. The minimum atomic E-state index is -0.333. The fraction of sp³-hybridized carbons (Fsp3) is 0.429. The summed E-state index contributed by atoms with van der Waals surface area (Å²) in [5.74, 6) is -0.0451. The first-order chi connectivity index (χ1) is 9.69. The van der Waals surface area contributed by atoms with Crippen molar-refractivity contribution >= 4 is 28.6 Å². The Bertz CT molecular complexity index is 537. The molecule has 0 bridgehead atoms. The van der Waals surface area contributed by atoms with Gasteiger partial charge in [-0.25, -0.2) is 4.98 Å². The molecule has 0 aliphatic heterocycles. The zero-order valence-corrected chi connectivity index (χ0v) is 13.0. The number of carbonyl (C=O) groups excluding carboxylic acids is 1. The number of thiazole rings is 1. The normalized spacial score (nSPS) is 12.3. The third-order valence-corrected chi connectivity index (χ3v) is 4.83. The van der Waals surface area contributed by atoms with Gasteiger partial charge in [0.25, 0.3) is 0 Å². The maximum atomic E-state index is 11.8. The summed E-state index contributed by atoms with van der Waals surface area (Å²) in [6.07, 6.45) is 1.27. The number of hydrogen-bond acceptors (Lipinski definition) is 5. The number of amides is 1. The van der Waals surface area contributed by atoms with Gasteiger partial charge in [-0.1, -0.05) is 13.0 Å². The van der Waals surface area contributed by atoms with E-state index < -0.39 is 0 Å². The lowest BCUT2D eigenvalue weighted by atomic mass is 10.2. The fourth-order valence-electron chi connectivity index (χ4n) is 1.71. The molecule has 0 saturated carbocycles. The van der Waals surface area contributed by atoms with E-state index in [4.69, 9.17) is 0 Å². The van der Waals surface area contributed by atoms with E-state index in [9.17, 15) is 9.90 Å². The van der Waals surface area contributed by atoms with E-state index in [-0.39, 0.29) is 12.0 Å². The second-order valence-electron chi connectivity index (χ2n) is 4.50. The number of aromatic nitrogens is 1. The zero-order chi connectivity index (χ0) is 14.4. The lowest BCUT2D eigenvalue weighted by molar-refractivity contribution is -0.120. The van der Waals surface area contributed by atoms with Crippen molar-refractivity contribution in [2.45, 2.75) is 32.3 Å². The van der Waals surface area contributed by atoms with Crippen LogP contribution in [-0.2, 0) is 11.2 Å². The summed E-state index contributed by atoms with van der Waals surface area (Å²) in [6, 6.07) is 4.02. The van der Waals surface area contributed by atoms with Crippen molar-refractivity contribution in [2.75, 3.05) is 6.54 Å². The Labute approximate surface area is 126 Å². The topological polar surface area (TPSA) is 62.2 Å². The summed E-state index contributed by atoms with van der Waals surface area (Å²) in [4.78, 5) is 17.4. The van der Waals surface area contributed by atoms with Gasteiger partial charge in [-0.15, -0.1) is 22.7 Å². The quantitative estimate of drug-likeness (QED) is 0.826. The maximum Gasteiger partial charge on any atom is 0.226 e. The van der Waals surface area contributed by atoms with Crippen molar-refractivity contribution in [1.82, 2.24) is 10.3 Å². The van der Waals surface area contributed by atoms with Crippen LogP contribution in [0.2, 0.25) is 0 Å². The molecule has 0 fully saturated rings. The highest BCUT2D eigenvalue weighted by Gasteiger charge is 2.09. The van der Waals surface area contributed by atoms with Crippen molar-refractivity contribution in [3.63, 3.8) is 0 Å². The molecular weight excluding hydrogens is 292 g/mol. The van der Waals surface area contributed by atoms with Gasteiger partial charge < -0.3 is 10.4 Å². The molecule has 0 radical (unpaired) electrons. The number of carbonyl (C=O) groups is 1. The third-order valence-electron chi connectivity index (χ3n) is 2.90. The first-order valence-electron chi connectivity index (χ1n) is 6.62. The molecule has 0 aromatic carbocycles. The number of aliphatic hydroxyl groups is 1. The molecule has 20 heavy (non-hydrogen) atoms. The van der Waals surface area contributed by atoms with E-state index in [1.54, 1.807) is 22.7 Å². The maximum absolute atomic E-state index is 11.8. The van der Waals surface area contributed by atoms with Crippen LogP contribution in [0.25, 0.3) is 9.88 Å². The lowest BCUT2D eigenvalue weighted by Gasteiger charge is -2.08. The first-order valence-corrected chi connectivity index (χ1v) is 8.38. The second-order valence-corrected chi connectivity index (χ2v) is 6.30. The highest BCUT2D eigenvalue weighted by Crippen LogP contribution is 2.27. The molecule has 2 aromatic rings. The number of hydrogen-bond donors (Lipinski definition) is 2.